The molecule has 7 atom stereocenters. The zero-order valence-electron chi connectivity index (χ0n) is 24.3. The van der Waals surface area contributed by atoms with Gasteiger partial charge in [0.15, 0.2) is 0 Å². The van der Waals surface area contributed by atoms with Crippen LogP contribution in [0.1, 0.15) is 84.3 Å². The lowest BCUT2D eigenvalue weighted by Gasteiger charge is -2.34. The highest BCUT2D eigenvalue weighted by molar-refractivity contribution is 7.09. The van der Waals surface area contributed by atoms with Crippen molar-refractivity contribution in [1.29, 1.82) is 0 Å². The first-order chi connectivity index (χ1) is 18.3. The number of ether oxygens (including phenoxy) is 1. The minimum absolute atomic E-state index is 0.00658. The van der Waals surface area contributed by atoms with E-state index in [4.69, 9.17) is 4.74 Å². The van der Waals surface area contributed by atoms with Gasteiger partial charge >= 0.3 is 12.0 Å². The largest absolute Gasteiger partial charge is 0.458 e. The first-order valence-electron chi connectivity index (χ1n) is 14.0. The average Bonchev–Trinajstić information content (AvgIpc) is 3.39. The van der Waals surface area contributed by atoms with E-state index < -0.39 is 35.6 Å². The number of Topliss-reactive ketones (excluding diaryl/α,β-unsaturated/α-hetero) is 1. The number of hydrogen-bond donors (Lipinski definition) is 3. The molecule has 0 aromatic carbocycles. The van der Waals surface area contributed by atoms with Crippen LogP contribution < -0.4 is 5.32 Å². The molecule has 9 nitrogen and oxygen atoms in total. The molecular formula is C29H45N3O6S. The molecule has 0 radical (unpaired) electrons. The fraction of sp³-hybridized carbons (Fsp3) is 0.724. The molecule has 3 N–H and O–H groups in total. The van der Waals surface area contributed by atoms with E-state index in [2.05, 4.69) is 10.3 Å². The molecule has 2 fully saturated rings. The summed E-state index contributed by atoms with van der Waals surface area (Å²) in [5.74, 6) is -1.74. The number of nitrogens with one attached hydrogen (secondary N) is 1. The summed E-state index contributed by atoms with van der Waals surface area (Å²) in [4.78, 5) is 45.6. The number of amides is 2. The third-order valence-electron chi connectivity index (χ3n) is 8.38. The van der Waals surface area contributed by atoms with Crippen LogP contribution in [0.15, 0.2) is 11.0 Å². The van der Waals surface area contributed by atoms with Crippen LogP contribution in [0.25, 0.3) is 6.08 Å². The van der Waals surface area contributed by atoms with Gasteiger partial charge in [-0.2, -0.15) is 0 Å². The molecule has 2 aliphatic rings. The normalized spacial score (nSPS) is 32.8. The van der Waals surface area contributed by atoms with Crippen LogP contribution in [0.3, 0.4) is 0 Å². The molecule has 0 spiro atoms. The smallest absolute Gasteiger partial charge is 0.318 e. The Morgan fingerprint density at radius 1 is 1.26 bits per heavy atom. The minimum Gasteiger partial charge on any atom is -0.458 e. The molecule has 0 saturated carbocycles. The third-order valence-corrected chi connectivity index (χ3v) is 9.17. The van der Waals surface area contributed by atoms with E-state index in [-0.39, 0.29) is 36.2 Å². The number of aryl methyl sites for hydroxylation is 1. The van der Waals surface area contributed by atoms with Gasteiger partial charge < -0.3 is 25.2 Å². The average molecular weight is 564 g/mol. The number of thiazole rings is 1. The van der Waals surface area contributed by atoms with E-state index in [1.54, 1.807) is 20.8 Å². The molecule has 218 valence electrons. The molecule has 3 rings (SSSR count). The number of aliphatic hydroxyl groups is 2. The summed E-state index contributed by atoms with van der Waals surface area (Å²) in [6.07, 6.45) is 1.42. The van der Waals surface area contributed by atoms with Crippen LogP contribution in [-0.4, -0.2) is 74.8 Å². The van der Waals surface area contributed by atoms with Crippen molar-refractivity contribution in [3.8, 4) is 0 Å². The molecule has 2 saturated heterocycles. The van der Waals surface area contributed by atoms with Gasteiger partial charge in [-0.15, -0.1) is 11.3 Å². The fourth-order valence-electron chi connectivity index (χ4n) is 5.64. The van der Waals surface area contributed by atoms with Gasteiger partial charge in [-0.3, -0.25) is 9.59 Å². The van der Waals surface area contributed by atoms with Crippen molar-refractivity contribution >= 4 is 35.2 Å². The molecule has 3 heterocycles. The standard InChI is InChI=1S/C29H45N3O6S/c1-8-30-28(37)32-21-11-9-10-16(2)26(35)18(4)27(36)29(6,7)24(33)14-25(34)38-23(13-22(21)32)17(3)12-20-15-39-19(5)31-20/h12,15-16,18,21-24,26,33,35H,8-11,13-14H2,1-7H3,(H,30,37)/b17-12+/t16-,18+,21+,22-,23-,24-,26-,32?/m0/s1. The molecule has 10 heteroatoms. The molecule has 39 heavy (non-hydrogen) atoms. The molecule has 0 unspecified atom stereocenters. The second-order valence-corrected chi connectivity index (χ2v) is 12.8. The topological polar surface area (TPSA) is 129 Å². The summed E-state index contributed by atoms with van der Waals surface area (Å²) in [6.45, 7) is 13.0. The summed E-state index contributed by atoms with van der Waals surface area (Å²) in [7, 11) is 0. The maximum atomic E-state index is 13.3. The minimum atomic E-state index is -1.28. The van der Waals surface area contributed by atoms with Gasteiger partial charge in [-0.1, -0.05) is 34.1 Å². The molecule has 1 aromatic heterocycles. The van der Waals surface area contributed by atoms with E-state index in [1.807, 2.05) is 44.1 Å². The van der Waals surface area contributed by atoms with Crippen LogP contribution in [0.2, 0.25) is 0 Å². The van der Waals surface area contributed by atoms with Gasteiger partial charge in [0.05, 0.1) is 46.8 Å². The van der Waals surface area contributed by atoms with Gasteiger partial charge in [0.25, 0.3) is 0 Å². The maximum absolute atomic E-state index is 13.3. The number of ketones is 1. The summed E-state index contributed by atoms with van der Waals surface area (Å²) in [5, 5.41) is 27.6. The van der Waals surface area contributed by atoms with E-state index in [0.29, 0.717) is 19.4 Å². The molecule has 0 bridgehead atoms. The number of fused-ring (bicyclic) bond motifs is 1. The number of cyclic esters (lactones) is 1. The predicted molar refractivity (Wildman–Crippen MR) is 151 cm³/mol. The first kappa shape index (κ1) is 31.2. The van der Waals surface area contributed by atoms with Crippen LogP contribution in [0, 0.1) is 24.2 Å². The van der Waals surface area contributed by atoms with E-state index in [1.165, 1.54) is 11.3 Å². The van der Waals surface area contributed by atoms with Crippen molar-refractivity contribution in [3.63, 3.8) is 0 Å². The Bertz CT molecular complexity index is 1070. The Morgan fingerprint density at radius 3 is 2.56 bits per heavy atom. The van der Waals surface area contributed by atoms with Gasteiger partial charge in [-0.25, -0.2) is 9.78 Å². The molecule has 2 amide bonds. The van der Waals surface area contributed by atoms with Crippen molar-refractivity contribution in [2.45, 2.75) is 111 Å². The Morgan fingerprint density at radius 2 is 1.95 bits per heavy atom. The van der Waals surface area contributed by atoms with Crippen molar-refractivity contribution in [3.05, 3.63) is 21.7 Å². The fourth-order valence-corrected chi connectivity index (χ4v) is 6.21. The Labute approximate surface area is 236 Å². The summed E-state index contributed by atoms with van der Waals surface area (Å²) >= 11 is 1.53. The number of esters is 1. The van der Waals surface area contributed by atoms with Gasteiger partial charge in [-0.05, 0) is 51.2 Å². The van der Waals surface area contributed by atoms with E-state index in [9.17, 15) is 24.6 Å². The number of aliphatic hydroxyl groups excluding tert-OH is 2. The van der Waals surface area contributed by atoms with Crippen LogP contribution >= 0.6 is 11.3 Å². The van der Waals surface area contributed by atoms with Crippen LogP contribution in [0.4, 0.5) is 4.79 Å². The van der Waals surface area contributed by atoms with Crippen molar-refractivity contribution < 1.29 is 29.3 Å². The van der Waals surface area contributed by atoms with Gasteiger partial charge in [0, 0.05) is 24.3 Å². The Balaban J connectivity index is 1.92. The highest BCUT2D eigenvalue weighted by atomic mass is 32.1. The molecule has 1 aromatic rings. The van der Waals surface area contributed by atoms with Crippen molar-refractivity contribution in [2.24, 2.45) is 17.3 Å². The molecular weight excluding hydrogens is 518 g/mol. The first-order valence-corrected chi connectivity index (χ1v) is 14.9. The number of aromatic nitrogens is 1. The highest BCUT2D eigenvalue weighted by Gasteiger charge is 2.51. The lowest BCUT2D eigenvalue weighted by Crippen LogP contribution is -2.45. The Kier molecular flexibility index (Phi) is 10.3. The molecule has 0 aliphatic carbocycles. The number of hydrogen-bond acceptors (Lipinski definition) is 8. The predicted octanol–water partition coefficient (Wildman–Crippen LogP) is 4.10. The van der Waals surface area contributed by atoms with Crippen molar-refractivity contribution in [1.82, 2.24) is 15.2 Å². The van der Waals surface area contributed by atoms with Gasteiger partial charge in [0.2, 0.25) is 0 Å². The highest BCUT2D eigenvalue weighted by Crippen LogP contribution is 2.39. The van der Waals surface area contributed by atoms with E-state index in [0.717, 1.165) is 29.1 Å². The quantitative estimate of drug-likeness (QED) is 0.373. The SMILES string of the molecule is CCNC(=O)N1[C@@H]2CCC[C@H](C)[C@H](O)[C@@H](C)C(=O)C(C)(C)[C@@H](O)CC(=O)O[C@H](/C(C)=C/c3csc(C)n3)C[C@@H]21. The number of urea groups is 1. The second kappa shape index (κ2) is 12.9. The summed E-state index contributed by atoms with van der Waals surface area (Å²) in [5.41, 5.74) is 0.330. The number of carbonyl (C=O) groups excluding carboxylic acids is 3. The number of rotatable bonds is 3. The number of nitrogens with zero attached hydrogens (tertiary/aromatic N) is 2. The van der Waals surface area contributed by atoms with Gasteiger partial charge in [0.1, 0.15) is 11.9 Å². The monoisotopic (exact) mass is 563 g/mol. The van der Waals surface area contributed by atoms with E-state index >= 15 is 0 Å². The zero-order valence-corrected chi connectivity index (χ0v) is 25.1. The number of carbonyl (C=O) groups is 3. The summed E-state index contributed by atoms with van der Waals surface area (Å²) in [6, 6.07) is -0.255. The van der Waals surface area contributed by atoms with Crippen LogP contribution in [-0.2, 0) is 14.3 Å². The Hall–Kier alpha value is -2.30. The molecule has 2 aliphatic heterocycles. The van der Waals surface area contributed by atoms with Crippen LogP contribution in [0.5, 0.6) is 0 Å². The summed E-state index contributed by atoms with van der Waals surface area (Å²) < 4.78 is 5.93. The lowest BCUT2D eigenvalue weighted by atomic mass is 9.73. The maximum Gasteiger partial charge on any atom is 0.318 e. The van der Waals surface area contributed by atoms with Crippen molar-refractivity contribution in [2.75, 3.05) is 6.54 Å². The third kappa shape index (κ3) is 7.46. The lowest BCUT2D eigenvalue weighted by molar-refractivity contribution is -0.154. The zero-order chi connectivity index (χ0) is 29.1. The second-order valence-electron chi connectivity index (χ2n) is 11.8.